The second-order valence-corrected chi connectivity index (χ2v) is 6.58. The molecule has 1 aromatic carbocycles. The van der Waals surface area contributed by atoms with Crippen molar-refractivity contribution in [3.63, 3.8) is 0 Å². The monoisotopic (exact) mass is 302 g/mol. The normalized spacial score (nSPS) is 23.7. The van der Waals surface area contributed by atoms with Gasteiger partial charge < -0.3 is 15.3 Å². The summed E-state index contributed by atoms with van der Waals surface area (Å²) in [5.74, 6) is 0. The Morgan fingerprint density at radius 1 is 1.18 bits per heavy atom. The fourth-order valence-corrected chi connectivity index (χ4v) is 3.74. The number of carbonyl (C=O) groups excluding carboxylic acids is 1. The van der Waals surface area contributed by atoms with Crippen LogP contribution in [0.2, 0.25) is 0 Å². The molecule has 1 saturated heterocycles. The lowest BCUT2D eigenvalue weighted by Crippen LogP contribution is -2.46. The standard InChI is InChI=1S/C18H26N2O2/c21-17(14-7-2-1-3-8-14)13-16-11-6-12-20(16)18(22)19-15-9-4-5-10-15/h1-3,7-8,15-17,21H,4-6,9-13H2,(H,19,22). The maximum Gasteiger partial charge on any atom is 0.317 e. The highest BCUT2D eigenvalue weighted by Crippen LogP contribution is 2.28. The molecule has 0 bridgehead atoms. The van der Waals surface area contributed by atoms with Crippen molar-refractivity contribution >= 4 is 6.03 Å². The summed E-state index contributed by atoms with van der Waals surface area (Å²) in [6.07, 6.45) is 6.82. The zero-order valence-electron chi connectivity index (χ0n) is 13.1. The van der Waals surface area contributed by atoms with Crippen molar-refractivity contribution in [3.05, 3.63) is 35.9 Å². The molecular weight excluding hydrogens is 276 g/mol. The van der Waals surface area contributed by atoms with E-state index in [1.54, 1.807) is 0 Å². The number of nitrogens with zero attached hydrogens (tertiary/aromatic N) is 1. The fourth-order valence-electron chi connectivity index (χ4n) is 3.74. The molecule has 1 saturated carbocycles. The number of carbonyl (C=O) groups is 1. The molecule has 1 aromatic rings. The number of nitrogens with one attached hydrogen (secondary N) is 1. The highest BCUT2D eigenvalue weighted by Gasteiger charge is 2.32. The summed E-state index contributed by atoms with van der Waals surface area (Å²) in [6.45, 7) is 0.810. The Bertz CT molecular complexity index is 485. The summed E-state index contributed by atoms with van der Waals surface area (Å²) in [5.41, 5.74) is 0.936. The minimum Gasteiger partial charge on any atom is -0.388 e. The van der Waals surface area contributed by atoms with Gasteiger partial charge in [0.25, 0.3) is 0 Å². The predicted molar refractivity (Wildman–Crippen MR) is 86.5 cm³/mol. The van der Waals surface area contributed by atoms with E-state index in [0.717, 1.165) is 37.8 Å². The van der Waals surface area contributed by atoms with Gasteiger partial charge in [-0.2, -0.15) is 0 Å². The summed E-state index contributed by atoms with van der Waals surface area (Å²) < 4.78 is 0. The van der Waals surface area contributed by atoms with Crippen molar-refractivity contribution in [1.29, 1.82) is 0 Å². The van der Waals surface area contributed by atoms with E-state index in [1.165, 1.54) is 12.8 Å². The van der Waals surface area contributed by atoms with Crippen LogP contribution in [-0.2, 0) is 0 Å². The first kappa shape index (κ1) is 15.3. The van der Waals surface area contributed by atoms with Gasteiger partial charge in [-0.3, -0.25) is 0 Å². The average Bonchev–Trinajstić information content (AvgIpc) is 3.19. The van der Waals surface area contributed by atoms with E-state index in [2.05, 4.69) is 5.32 Å². The number of aliphatic hydroxyl groups excluding tert-OH is 1. The fraction of sp³-hybridized carbons (Fsp3) is 0.611. The summed E-state index contributed by atoms with van der Waals surface area (Å²) in [4.78, 5) is 14.4. The number of amides is 2. The molecular formula is C18H26N2O2. The Morgan fingerprint density at radius 3 is 2.64 bits per heavy atom. The van der Waals surface area contributed by atoms with E-state index in [-0.39, 0.29) is 12.1 Å². The highest BCUT2D eigenvalue weighted by molar-refractivity contribution is 5.75. The van der Waals surface area contributed by atoms with Crippen LogP contribution in [0.1, 0.15) is 56.6 Å². The third-order valence-electron chi connectivity index (χ3n) is 5.00. The van der Waals surface area contributed by atoms with Crippen LogP contribution >= 0.6 is 0 Å². The van der Waals surface area contributed by atoms with Crippen molar-refractivity contribution < 1.29 is 9.90 Å². The van der Waals surface area contributed by atoms with Gasteiger partial charge >= 0.3 is 6.03 Å². The molecule has 4 nitrogen and oxygen atoms in total. The maximum absolute atomic E-state index is 12.5. The van der Waals surface area contributed by atoms with Gasteiger partial charge in [0.2, 0.25) is 0 Å². The minimum atomic E-state index is -0.494. The lowest BCUT2D eigenvalue weighted by molar-refractivity contribution is 0.125. The van der Waals surface area contributed by atoms with Gasteiger partial charge in [0.15, 0.2) is 0 Å². The Labute approximate surface area is 132 Å². The van der Waals surface area contributed by atoms with Crippen LogP contribution in [0.5, 0.6) is 0 Å². The van der Waals surface area contributed by atoms with E-state index in [9.17, 15) is 9.90 Å². The Balaban J connectivity index is 1.57. The molecule has 2 N–H and O–H groups in total. The smallest absolute Gasteiger partial charge is 0.317 e. The van der Waals surface area contributed by atoms with Crippen molar-refractivity contribution in [1.82, 2.24) is 10.2 Å². The lowest BCUT2D eigenvalue weighted by Gasteiger charge is -2.28. The van der Waals surface area contributed by atoms with Gasteiger partial charge in [-0.1, -0.05) is 43.2 Å². The minimum absolute atomic E-state index is 0.0645. The molecule has 3 rings (SSSR count). The number of hydrogen-bond donors (Lipinski definition) is 2. The van der Waals surface area contributed by atoms with E-state index in [0.29, 0.717) is 12.5 Å². The van der Waals surface area contributed by atoms with E-state index < -0.39 is 6.10 Å². The van der Waals surface area contributed by atoms with E-state index >= 15 is 0 Å². The summed E-state index contributed by atoms with van der Waals surface area (Å²) in [6, 6.07) is 10.3. The van der Waals surface area contributed by atoms with Gasteiger partial charge in [-0.15, -0.1) is 0 Å². The zero-order chi connectivity index (χ0) is 15.4. The van der Waals surface area contributed by atoms with Crippen LogP contribution in [0.3, 0.4) is 0 Å². The molecule has 0 radical (unpaired) electrons. The lowest BCUT2D eigenvalue weighted by atomic mass is 10.0. The van der Waals surface area contributed by atoms with Gasteiger partial charge in [-0.25, -0.2) is 4.79 Å². The SMILES string of the molecule is O=C(NC1CCCC1)N1CCCC1CC(O)c1ccccc1. The van der Waals surface area contributed by atoms with Crippen molar-refractivity contribution in [3.8, 4) is 0 Å². The number of hydrogen-bond acceptors (Lipinski definition) is 2. The van der Waals surface area contributed by atoms with Crippen molar-refractivity contribution in [2.24, 2.45) is 0 Å². The Kier molecular flexibility index (Phi) is 4.98. The summed E-state index contributed by atoms with van der Waals surface area (Å²) in [7, 11) is 0. The molecule has 1 aliphatic heterocycles. The van der Waals surface area contributed by atoms with Crippen molar-refractivity contribution in [2.45, 2.75) is 63.1 Å². The average molecular weight is 302 g/mol. The van der Waals surface area contributed by atoms with Crippen LogP contribution in [0.25, 0.3) is 0 Å². The molecule has 1 heterocycles. The van der Waals surface area contributed by atoms with Crippen LogP contribution in [0.4, 0.5) is 4.79 Å². The quantitative estimate of drug-likeness (QED) is 0.897. The Hall–Kier alpha value is -1.55. The molecule has 0 spiro atoms. The third kappa shape index (κ3) is 3.61. The van der Waals surface area contributed by atoms with Crippen LogP contribution in [0, 0.1) is 0 Å². The number of benzene rings is 1. The molecule has 2 aliphatic rings. The molecule has 120 valence electrons. The van der Waals surface area contributed by atoms with Crippen molar-refractivity contribution in [2.75, 3.05) is 6.54 Å². The predicted octanol–water partition coefficient (Wildman–Crippen LogP) is 3.23. The maximum atomic E-state index is 12.5. The molecule has 0 aromatic heterocycles. The zero-order valence-corrected chi connectivity index (χ0v) is 13.1. The van der Waals surface area contributed by atoms with Gasteiger partial charge in [0.05, 0.1) is 6.10 Å². The Morgan fingerprint density at radius 2 is 1.91 bits per heavy atom. The molecule has 2 amide bonds. The number of likely N-dealkylation sites (tertiary alicyclic amines) is 1. The third-order valence-corrected chi connectivity index (χ3v) is 5.00. The highest BCUT2D eigenvalue weighted by atomic mass is 16.3. The largest absolute Gasteiger partial charge is 0.388 e. The first-order chi connectivity index (χ1) is 10.7. The molecule has 2 atom stereocenters. The van der Waals surface area contributed by atoms with Crippen LogP contribution in [-0.4, -0.2) is 34.7 Å². The molecule has 2 unspecified atom stereocenters. The first-order valence-corrected chi connectivity index (χ1v) is 8.54. The van der Waals surface area contributed by atoms with Crippen LogP contribution in [0.15, 0.2) is 30.3 Å². The molecule has 22 heavy (non-hydrogen) atoms. The van der Waals surface area contributed by atoms with Gasteiger partial charge in [-0.05, 0) is 37.7 Å². The van der Waals surface area contributed by atoms with E-state index in [4.69, 9.17) is 0 Å². The first-order valence-electron chi connectivity index (χ1n) is 8.54. The van der Waals surface area contributed by atoms with Gasteiger partial charge in [0, 0.05) is 18.6 Å². The topological polar surface area (TPSA) is 52.6 Å². The second kappa shape index (κ2) is 7.14. The number of aliphatic hydroxyl groups is 1. The molecule has 4 heteroatoms. The number of urea groups is 1. The molecule has 2 fully saturated rings. The van der Waals surface area contributed by atoms with Crippen LogP contribution < -0.4 is 5.32 Å². The number of rotatable bonds is 4. The molecule has 1 aliphatic carbocycles. The second-order valence-electron chi connectivity index (χ2n) is 6.58. The van der Waals surface area contributed by atoms with Gasteiger partial charge in [0.1, 0.15) is 0 Å². The summed E-state index contributed by atoms with van der Waals surface area (Å²) >= 11 is 0. The summed E-state index contributed by atoms with van der Waals surface area (Å²) in [5, 5.41) is 13.6. The van der Waals surface area contributed by atoms with E-state index in [1.807, 2.05) is 35.2 Å².